The maximum absolute atomic E-state index is 11.5. The van der Waals surface area contributed by atoms with Gasteiger partial charge in [0.2, 0.25) is 11.8 Å². The second-order valence-corrected chi connectivity index (χ2v) is 7.11. The number of hydrogen-bond acceptors (Lipinski definition) is 5. The Morgan fingerprint density at radius 1 is 1.19 bits per heavy atom. The van der Waals surface area contributed by atoms with Crippen molar-refractivity contribution >= 4 is 5.91 Å². The number of carbonyl (C=O) groups is 1. The first-order chi connectivity index (χ1) is 13.0. The Hall–Kier alpha value is -2.60. The third kappa shape index (κ3) is 5.44. The summed E-state index contributed by atoms with van der Waals surface area (Å²) in [6.07, 6.45) is 1.89. The highest BCUT2D eigenvalue weighted by Crippen LogP contribution is 2.21. The molecule has 1 aliphatic rings. The number of aromatic nitrogens is 1. The molecule has 1 aliphatic heterocycles. The number of amides is 1. The number of nitrogens with one attached hydrogen (secondary N) is 1. The Morgan fingerprint density at radius 2 is 1.89 bits per heavy atom. The number of ether oxygens (including phenoxy) is 2. The number of rotatable bonds is 8. The van der Waals surface area contributed by atoms with Gasteiger partial charge in [-0.1, -0.05) is 12.1 Å². The van der Waals surface area contributed by atoms with E-state index in [0.29, 0.717) is 12.5 Å². The van der Waals surface area contributed by atoms with Crippen LogP contribution in [0.2, 0.25) is 0 Å². The lowest BCUT2D eigenvalue weighted by Crippen LogP contribution is -2.52. The highest BCUT2D eigenvalue weighted by Gasteiger charge is 2.31. The molecule has 1 fully saturated rings. The maximum Gasteiger partial charge on any atom is 0.225 e. The minimum Gasteiger partial charge on any atom is -0.489 e. The van der Waals surface area contributed by atoms with Gasteiger partial charge in [0.15, 0.2) is 0 Å². The standard InChI is InChI=1S/C21H27N3O3/c1-15(2)27-20-9-6-17(10-23-20)14-26-19-7-4-16(5-8-19)11-24-12-18(13-24)21(25)22-3/h4-10,15,18H,11-14H2,1-3H3,(H,22,25). The topological polar surface area (TPSA) is 63.7 Å². The van der Waals surface area contributed by atoms with Gasteiger partial charge < -0.3 is 14.8 Å². The van der Waals surface area contributed by atoms with Crippen LogP contribution in [0.1, 0.15) is 25.0 Å². The Bertz CT molecular complexity index is 738. The number of benzene rings is 1. The van der Waals surface area contributed by atoms with Gasteiger partial charge in [-0.2, -0.15) is 0 Å². The van der Waals surface area contributed by atoms with E-state index in [0.717, 1.165) is 30.9 Å². The summed E-state index contributed by atoms with van der Waals surface area (Å²) in [6.45, 7) is 6.92. The molecule has 1 N–H and O–H groups in total. The summed E-state index contributed by atoms with van der Waals surface area (Å²) >= 11 is 0. The summed E-state index contributed by atoms with van der Waals surface area (Å²) < 4.78 is 11.4. The van der Waals surface area contributed by atoms with Crippen molar-refractivity contribution in [2.75, 3.05) is 20.1 Å². The van der Waals surface area contributed by atoms with Crippen LogP contribution in [0, 0.1) is 5.92 Å². The minimum atomic E-state index is 0.115. The van der Waals surface area contributed by atoms with Crippen molar-refractivity contribution < 1.29 is 14.3 Å². The third-order valence-corrected chi connectivity index (χ3v) is 4.46. The predicted octanol–water partition coefficient (Wildman–Crippen LogP) is 2.63. The highest BCUT2D eigenvalue weighted by atomic mass is 16.5. The molecule has 0 saturated carbocycles. The average Bonchev–Trinajstić information content (AvgIpc) is 2.63. The van der Waals surface area contributed by atoms with Gasteiger partial charge in [-0.05, 0) is 37.6 Å². The molecule has 0 atom stereocenters. The molecule has 144 valence electrons. The van der Waals surface area contributed by atoms with Crippen LogP contribution in [0.25, 0.3) is 0 Å². The van der Waals surface area contributed by atoms with E-state index in [-0.39, 0.29) is 17.9 Å². The number of likely N-dealkylation sites (tertiary alicyclic amines) is 1. The molecule has 0 radical (unpaired) electrons. The molecule has 6 nitrogen and oxygen atoms in total. The predicted molar refractivity (Wildman–Crippen MR) is 104 cm³/mol. The van der Waals surface area contributed by atoms with E-state index in [1.54, 1.807) is 13.2 Å². The largest absolute Gasteiger partial charge is 0.489 e. The van der Waals surface area contributed by atoms with Crippen LogP contribution < -0.4 is 14.8 Å². The van der Waals surface area contributed by atoms with Gasteiger partial charge in [-0.3, -0.25) is 9.69 Å². The SMILES string of the molecule is CNC(=O)C1CN(Cc2ccc(OCc3ccc(OC(C)C)nc3)cc2)C1. The molecule has 2 heterocycles. The van der Waals surface area contributed by atoms with Gasteiger partial charge >= 0.3 is 0 Å². The van der Waals surface area contributed by atoms with Crippen molar-refractivity contribution in [1.29, 1.82) is 0 Å². The second kappa shape index (κ2) is 8.86. The van der Waals surface area contributed by atoms with E-state index < -0.39 is 0 Å². The molecule has 0 aliphatic carbocycles. The first-order valence-corrected chi connectivity index (χ1v) is 9.30. The first kappa shape index (κ1) is 19.2. The number of hydrogen-bond donors (Lipinski definition) is 1. The monoisotopic (exact) mass is 369 g/mol. The number of nitrogens with zero attached hydrogens (tertiary/aromatic N) is 2. The Kier molecular flexibility index (Phi) is 6.29. The van der Waals surface area contributed by atoms with Gasteiger partial charge in [0.05, 0.1) is 12.0 Å². The van der Waals surface area contributed by atoms with Gasteiger partial charge in [-0.15, -0.1) is 0 Å². The Morgan fingerprint density at radius 3 is 2.48 bits per heavy atom. The molecule has 1 amide bonds. The fourth-order valence-corrected chi connectivity index (χ4v) is 2.99. The smallest absolute Gasteiger partial charge is 0.225 e. The molecular weight excluding hydrogens is 342 g/mol. The lowest BCUT2D eigenvalue weighted by molar-refractivity contribution is -0.129. The first-order valence-electron chi connectivity index (χ1n) is 9.30. The lowest BCUT2D eigenvalue weighted by Gasteiger charge is -2.38. The van der Waals surface area contributed by atoms with Crippen LogP contribution in [-0.2, 0) is 17.9 Å². The maximum atomic E-state index is 11.5. The van der Waals surface area contributed by atoms with Gasteiger partial charge in [0.25, 0.3) is 0 Å². The zero-order valence-electron chi connectivity index (χ0n) is 16.1. The van der Waals surface area contributed by atoms with E-state index in [2.05, 4.69) is 27.3 Å². The van der Waals surface area contributed by atoms with Crippen molar-refractivity contribution in [2.45, 2.75) is 33.1 Å². The summed E-state index contributed by atoms with van der Waals surface area (Å²) in [5.74, 6) is 1.72. The van der Waals surface area contributed by atoms with Crippen LogP contribution in [-0.4, -0.2) is 42.0 Å². The van der Waals surface area contributed by atoms with E-state index in [1.807, 2.05) is 38.1 Å². The second-order valence-electron chi connectivity index (χ2n) is 7.11. The molecular formula is C21H27N3O3. The minimum absolute atomic E-state index is 0.115. The molecule has 0 bridgehead atoms. The van der Waals surface area contributed by atoms with Crippen molar-refractivity contribution in [3.8, 4) is 11.6 Å². The van der Waals surface area contributed by atoms with E-state index in [9.17, 15) is 4.79 Å². The highest BCUT2D eigenvalue weighted by molar-refractivity contribution is 5.79. The average molecular weight is 369 g/mol. The van der Waals surface area contributed by atoms with Crippen molar-refractivity contribution in [3.05, 3.63) is 53.7 Å². The lowest BCUT2D eigenvalue weighted by atomic mass is 9.98. The van der Waals surface area contributed by atoms with Crippen LogP contribution in [0.5, 0.6) is 11.6 Å². The van der Waals surface area contributed by atoms with E-state index >= 15 is 0 Å². The van der Waals surface area contributed by atoms with Gasteiger partial charge in [-0.25, -0.2) is 4.98 Å². The van der Waals surface area contributed by atoms with Crippen molar-refractivity contribution in [1.82, 2.24) is 15.2 Å². The molecule has 0 spiro atoms. The van der Waals surface area contributed by atoms with Crippen LogP contribution >= 0.6 is 0 Å². The molecule has 1 saturated heterocycles. The van der Waals surface area contributed by atoms with E-state index in [1.165, 1.54) is 5.56 Å². The number of pyridine rings is 1. The van der Waals surface area contributed by atoms with Gasteiger partial charge in [0, 0.05) is 44.5 Å². The summed E-state index contributed by atoms with van der Waals surface area (Å²) in [5.41, 5.74) is 2.21. The Labute approximate surface area is 160 Å². The molecule has 0 unspecified atom stereocenters. The Balaban J connectivity index is 1.43. The quantitative estimate of drug-likeness (QED) is 0.775. The zero-order chi connectivity index (χ0) is 19.2. The fourth-order valence-electron chi connectivity index (χ4n) is 2.99. The number of carbonyl (C=O) groups excluding carboxylic acids is 1. The normalized spacial score (nSPS) is 14.7. The molecule has 2 aromatic rings. The van der Waals surface area contributed by atoms with Crippen LogP contribution in [0.4, 0.5) is 0 Å². The summed E-state index contributed by atoms with van der Waals surface area (Å²) in [5, 5.41) is 2.70. The molecule has 27 heavy (non-hydrogen) atoms. The molecule has 1 aromatic heterocycles. The van der Waals surface area contributed by atoms with Crippen LogP contribution in [0.15, 0.2) is 42.6 Å². The molecule has 6 heteroatoms. The molecule has 3 rings (SSSR count). The third-order valence-electron chi connectivity index (χ3n) is 4.46. The summed E-state index contributed by atoms with van der Waals surface area (Å²) in [4.78, 5) is 18.1. The van der Waals surface area contributed by atoms with Crippen molar-refractivity contribution in [3.63, 3.8) is 0 Å². The summed E-state index contributed by atoms with van der Waals surface area (Å²) in [6, 6.07) is 11.9. The van der Waals surface area contributed by atoms with Crippen molar-refractivity contribution in [2.24, 2.45) is 5.92 Å². The molecule has 1 aromatic carbocycles. The zero-order valence-corrected chi connectivity index (χ0v) is 16.1. The fraction of sp³-hybridized carbons (Fsp3) is 0.429. The van der Waals surface area contributed by atoms with Gasteiger partial charge in [0.1, 0.15) is 12.4 Å². The van der Waals surface area contributed by atoms with Crippen LogP contribution in [0.3, 0.4) is 0 Å². The summed E-state index contributed by atoms with van der Waals surface area (Å²) in [7, 11) is 1.69. The van der Waals surface area contributed by atoms with E-state index in [4.69, 9.17) is 9.47 Å².